The Kier molecular flexibility index (Phi) is 5.47. The third-order valence-electron chi connectivity index (χ3n) is 5.16. The van der Waals surface area contributed by atoms with Crippen molar-refractivity contribution in [2.75, 3.05) is 0 Å². The van der Waals surface area contributed by atoms with Gasteiger partial charge in [0.15, 0.2) is 5.65 Å². The van der Waals surface area contributed by atoms with Gasteiger partial charge in [-0.1, -0.05) is 77.3 Å². The van der Waals surface area contributed by atoms with E-state index in [4.69, 9.17) is 34.8 Å². The lowest BCUT2D eigenvalue weighted by Crippen LogP contribution is -2.22. The predicted molar refractivity (Wildman–Crippen MR) is 129 cm³/mol. The zero-order valence-electron chi connectivity index (χ0n) is 16.5. The van der Waals surface area contributed by atoms with Gasteiger partial charge in [-0.05, 0) is 41.5 Å². The molecule has 5 rings (SSSR count). The van der Waals surface area contributed by atoms with Crippen molar-refractivity contribution in [1.82, 2.24) is 19.4 Å². The van der Waals surface area contributed by atoms with Crippen LogP contribution in [0.3, 0.4) is 0 Å². The lowest BCUT2D eigenvalue weighted by Gasteiger charge is -2.12. The first-order valence-electron chi connectivity index (χ1n) is 9.75. The molecule has 0 amide bonds. The summed E-state index contributed by atoms with van der Waals surface area (Å²) >= 11 is 18.6. The zero-order chi connectivity index (χ0) is 22.2. The van der Waals surface area contributed by atoms with Gasteiger partial charge < -0.3 is 0 Å². The summed E-state index contributed by atoms with van der Waals surface area (Å²) in [6.07, 6.45) is 1.66. The molecule has 0 saturated carbocycles. The molecule has 0 unspecified atom stereocenters. The quantitative estimate of drug-likeness (QED) is 0.305. The van der Waals surface area contributed by atoms with Gasteiger partial charge in [-0.25, -0.2) is 9.48 Å². The Bertz CT molecular complexity index is 1490. The predicted octanol–water partition coefficient (Wildman–Crippen LogP) is 6.23. The Morgan fingerprint density at radius 2 is 1.44 bits per heavy atom. The maximum Gasteiger partial charge on any atom is 0.367 e. The van der Waals surface area contributed by atoms with E-state index in [9.17, 15) is 4.79 Å². The number of hydrogen-bond acceptors (Lipinski definition) is 3. The van der Waals surface area contributed by atoms with E-state index >= 15 is 0 Å². The zero-order valence-corrected chi connectivity index (χ0v) is 18.8. The maximum atomic E-state index is 13.1. The summed E-state index contributed by atoms with van der Waals surface area (Å²) in [5.74, 6) is 0. The minimum atomic E-state index is -0.342. The van der Waals surface area contributed by atoms with Crippen molar-refractivity contribution in [2.24, 2.45) is 0 Å². The Balaban J connectivity index is 1.75. The van der Waals surface area contributed by atoms with Crippen molar-refractivity contribution in [3.05, 3.63) is 110 Å². The molecule has 5 aromatic rings. The average molecular weight is 482 g/mol. The fourth-order valence-corrected chi connectivity index (χ4v) is 4.09. The molecule has 2 heterocycles. The number of rotatable bonds is 4. The van der Waals surface area contributed by atoms with Crippen molar-refractivity contribution in [1.29, 1.82) is 0 Å². The van der Waals surface area contributed by atoms with E-state index in [0.717, 1.165) is 27.8 Å². The highest BCUT2D eigenvalue weighted by molar-refractivity contribution is 6.34. The Hall–Kier alpha value is -3.12. The van der Waals surface area contributed by atoms with Crippen LogP contribution in [0.5, 0.6) is 0 Å². The Labute approximate surface area is 198 Å². The van der Waals surface area contributed by atoms with E-state index in [-0.39, 0.29) is 12.2 Å². The van der Waals surface area contributed by atoms with E-state index in [1.807, 2.05) is 60.7 Å². The average Bonchev–Trinajstić information content (AvgIpc) is 3.11. The molecule has 0 aliphatic heterocycles. The summed E-state index contributed by atoms with van der Waals surface area (Å²) in [6, 6.07) is 22.2. The summed E-state index contributed by atoms with van der Waals surface area (Å²) in [7, 11) is 0. The van der Waals surface area contributed by atoms with Crippen LogP contribution >= 0.6 is 34.8 Å². The minimum Gasteiger partial charge on any atom is -0.244 e. The van der Waals surface area contributed by atoms with Crippen molar-refractivity contribution in [3.63, 3.8) is 0 Å². The molecule has 2 aromatic heterocycles. The largest absolute Gasteiger partial charge is 0.367 e. The highest BCUT2D eigenvalue weighted by atomic mass is 35.5. The first-order chi connectivity index (χ1) is 15.5. The molecule has 0 bridgehead atoms. The number of nitrogens with zero attached hydrogens (tertiary/aromatic N) is 4. The first-order valence-corrected chi connectivity index (χ1v) is 10.9. The normalized spacial score (nSPS) is 11.2. The van der Waals surface area contributed by atoms with Gasteiger partial charge in [0.2, 0.25) is 0 Å². The van der Waals surface area contributed by atoms with Crippen molar-refractivity contribution >= 4 is 40.4 Å². The molecule has 0 atom stereocenters. The van der Waals surface area contributed by atoms with Gasteiger partial charge >= 0.3 is 5.69 Å². The van der Waals surface area contributed by atoms with E-state index in [0.29, 0.717) is 20.7 Å². The molecule has 0 radical (unpaired) electrons. The number of hydrogen-bond donors (Lipinski definition) is 0. The van der Waals surface area contributed by atoms with Gasteiger partial charge in [0.05, 0.1) is 12.7 Å². The highest BCUT2D eigenvalue weighted by Gasteiger charge is 2.20. The second kappa shape index (κ2) is 8.43. The lowest BCUT2D eigenvalue weighted by atomic mass is 9.97. The molecular weight excluding hydrogens is 467 g/mol. The molecule has 158 valence electrons. The van der Waals surface area contributed by atoms with Gasteiger partial charge in [-0.2, -0.15) is 9.61 Å². The van der Waals surface area contributed by atoms with E-state index in [1.165, 1.54) is 9.20 Å². The Morgan fingerprint density at radius 3 is 2.12 bits per heavy atom. The minimum absolute atomic E-state index is 0.289. The summed E-state index contributed by atoms with van der Waals surface area (Å²) in [5, 5.41) is 10.8. The van der Waals surface area contributed by atoms with Crippen LogP contribution < -0.4 is 5.69 Å². The van der Waals surface area contributed by atoms with E-state index in [1.54, 1.807) is 18.3 Å². The van der Waals surface area contributed by atoms with Crippen LogP contribution in [0.2, 0.25) is 15.1 Å². The molecule has 0 fully saturated rings. The topological polar surface area (TPSA) is 52.2 Å². The molecule has 0 aliphatic rings. The molecular formula is C24H15Cl3N4O. The first kappa shape index (κ1) is 20.8. The molecule has 0 saturated heterocycles. The highest BCUT2D eigenvalue weighted by Crippen LogP contribution is 2.37. The van der Waals surface area contributed by atoms with E-state index < -0.39 is 0 Å². The number of benzene rings is 3. The standard InChI is InChI=1S/C24H15Cl3N4O/c25-17-9-5-15(6-10-17)14-30-24(32)31-23(29-30)22(19-3-1-2-4-21(19)27)20(13-28-31)16-7-11-18(26)12-8-16/h1-13H,14H2. The number of fused-ring (bicyclic) bond motifs is 1. The number of halogens is 3. The SMILES string of the molecule is O=c1n(Cc2ccc(Cl)cc2)nc2c(-c3ccccc3Cl)c(-c3ccc(Cl)cc3)cnn12. The van der Waals surface area contributed by atoms with Gasteiger partial charge in [0.25, 0.3) is 0 Å². The van der Waals surface area contributed by atoms with Gasteiger partial charge in [0.1, 0.15) is 0 Å². The molecule has 8 heteroatoms. The molecule has 3 aromatic carbocycles. The summed E-state index contributed by atoms with van der Waals surface area (Å²) in [4.78, 5) is 13.1. The van der Waals surface area contributed by atoms with Crippen LogP contribution in [0.4, 0.5) is 0 Å². The Morgan fingerprint density at radius 1 is 0.781 bits per heavy atom. The van der Waals surface area contributed by atoms with Crippen LogP contribution in [0.15, 0.2) is 83.8 Å². The fraction of sp³-hybridized carbons (Fsp3) is 0.0417. The third kappa shape index (κ3) is 3.79. The van der Waals surface area contributed by atoms with Gasteiger partial charge in [-0.3, -0.25) is 0 Å². The molecule has 0 aliphatic carbocycles. The van der Waals surface area contributed by atoms with E-state index in [2.05, 4.69) is 10.2 Å². The summed E-state index contributed by atoms with van der Waals surface area (Å²) in [6.45, 7) is 0.289. The van der Waals surface area contributed by atoms with Crippen LogP contribution in [-0.4, -0.2) is 19.4 Å². The molecule has 32 heavy (non-hydrogen) atoms. The van der Waals surface area contributed by atoms with Crippen molar-refractivity contribution in [3.8, 4) is 22.3 Å². The fourth-order valence-electron chi connectivity index (χ4n) is 3.60. The van der Waals surface area contributed by atoms with Crippen molar-refractivity contribution in [2.45, 2.75) is 6.54 Å². The second-order valence-electron chi connectivity index (χ2n) is 7.22. The third-order valence-corrected chi connectivity index (χ3v) is 5.99. The molecule has 0 N–H and O–H groups in total. The molecule has 0 spiro atoms. The van der Waals surface area contributed by atoms with Crippen LogP contribution in [0.1, 0.15) is 5.56 Å². The van der Waals surface area contributed by atoms with Crippen molar-refractivity contribution < 1.29 is 0 Å². The smallest absolute Gasteiger partial charge is 0.244 e. The van der Waals surface area contributed by atoms with Crippen LogP contribution in [0.25, 0.3) is 27.9 Å². The molecule has 5 nitrogen and oxygen atoms in total. The summed E-state index contributed by atoms with van der Waals surface area (Å²) in [5.41, 5.74) is 4.15. The van der Waals surface area contributed by atoms with Gasteiger partial charge in [-0.15, -0.1) is 5.10 Å². The lowest BCUT2D eigenvalue weighted by molar-refractivity contribution is 0.650. The maximum absolute atomic E-state index is 13.1. The van der Waals surface area contributed by atoms with Crippen LogP contribution in [0, 0.1) is 0 Å². The van der Waals surface area contributed by atoms with Gasteiger partial charge in [0, 0.05) is 31.8 Å². The second-order valence-corrected chi connectivity index (χ2v) is 8.50. The van der Waals surface area contributed by atoms with Crippen LogP contribution in [-0.2, 0) is 6.54 Å². The number of aromatic nitrogens is 4. The summed E-state index contributed by atoms with van der Waals surface area (Å²) < 4.78 is 2.69. The monoisotopic (exact) mass is 480 g/mol.